The molecule has 0 bridgehead atoms. The summed E-state index contributed by atoms with van der Waals surface area (Å²) in [6, 6.07) is 17.4. The van der Waals surface area contributed by atoms with Crippen LogP contribution in [0.5, 0.6) is 0 Å². The van der Waals surface area contributed by atoms with Crippen LogP contribution in [0.2, 0.25) is 0 Å². The van der Waals surface area contributed by atoms with E-state index >= 15 is 0 Å². The Morgan fingerprint density at radius 1 is 1.00 bits per heavy atom. The van der Waals surface area contributed by atoms with Gasteiger partial charge in [-0.25, -0.2) is 0 Å². The Morgan fingerprint density at radius 3 is 2.10 bits per heavy atom. The molecule has 0 spiro atoms. The van der Waals surface area contributed by atoms with Gasteiger partial charge in [-0.15, -0.1) is 0 Å². The molecule has 2 rings (SSSR count). The first-order valence-corrected chi connectivity index (χ1v) is 7.19. The smallest absolute Gasteiger partial charge is 0.309 e. The second-order valence-electron chi connectivity index (χ2n) is 5.17. The van der Waals surface area contributed by atoms with Crippen LogP contribution >= 0.6 is 0 Å². The molecular formula is C18H20O3. The highest BCUT2D eigenvalue weighted by Crippen LogP contribution is 2.28. The highest BCUT2D eigenvalue weighted by atomic mass is 16.4. The quantitative estimate of drug-likeness (QED) is 0.846. The zero-order valence-electron chi connectivity index (χ0n) is 12.1. The standard InChI is InChI=1S/C18H20O3/c1-2-6-16(18(20)21)17(19)15-11-9-14(10-12-15)13-7-4-3-5-8-13/h3-5,7-12,16-17,19H,2,6H2,1H3,(H,20,21). The summed E-state index contributed by atoms with van der Waals surface area (Å²) in [5.41, 5.74) is 2.80. The van der Waals surface area contributed by atoms with E-state index in [1.54, 1.807) is 12.1 Å². The van der Waals surface area contributed by atoms with Crippen LogP contribution in [0.25, 0.3) is 11.1 Å². The van der Waals surface area contributed by atoms with E-state index < -0.39 is 18.0 Å². The lowest BCUT2D eigenvalue weighted by Gasteiger charge is -2.19. The number of benzene rings is 2. The van der Waals surface area contributed by atoms with Crippen LogP contribution in [0.4, 0.5) is 0 Å². The second-order valence-corrected chi connectivity index (χ2v) is 5.17. The number of carbonyl (C=O) groups is 1. The molecule has 0 fully saturated rings. The Hall–Kier alpha value is -2.13. The van der Waals surface area contributed by atoms with Gasteiger partial charge in [-0.05, 0) is 23.1 Å². The van der Waals surface area contributed by atoms with Gasteiger partial charge >= 0.3 is 5.97 Å². The lowest BCUT2D eigenvalue weighted by Crippen LogP contribution is -2.21. The molecule has 2 atom stereocenters. The number of rotatable bonds is 6. The molecule has 21 heavy (non-hydrogen) atoms. The molecule has 0 aromatic heterocycles. The molecular weight excluding hydrogens is 264 g/mol. The van der Waals surface area contributed by atoms with Crippen LogP contribution in [0.3, 0.4) is 0 Å². The number of carboxylic acids is 1. The average Bonchev–Trinajstić information content (AvgIpc) is 2.53. The predicted molar refractivity (Wildman–Crippen MR) is 82.9 cm³/mol. The molecule has 2 aromatic rings. The number of carboxylic acid groups (broad SMARTS) is 1. The molecule has 3 heteroatoms. The van der Waals surface area contributed by atoms with E-state index in [4.69, 9.17) is 0 Å². The maximum atomic E-state index is 11.2. The lowest BCUT2D eigenvalue weighted by atomic mass is 9.91. The van der Waals surface area contributed by atoms with Crippen molar-refractivity contribution in [3.8, 4) is 11.1 Å². The molecule has 2 aromatic carbocycles. The van der Waals surface area contributed by atoms with Gasteiger partial charge in [-0.1, -0.05) is 67.9 Å². The SMILES string of the molecule is CCCC(C(=O)O)C(O)c1ccc(-c2ccccc2)cc1. The number of aliphatic hydroxyl groups is 1. The van der Waals surface area contributed by atoms with Crippen molar-refractivity contribution in [3.05, 3.63) is 60.2 Å². The number of hydrogen-bond acceptors (Lipinski definition) is 2. The van der Waals surface area contributed by atoms with Gasteiger partial charge in [0.25, 0.3) is 0 Å². The van der Waals surface area contributed by atoms with Crippen molar-refractivity contribution >= 4 is 5.97 Å². The first-order chi connectivity index (χ1) is 10.1. The minimum absolute atomic E-state index is 0.469. The minimum atomic E-state index is -0.965. The zero-order valence-corrected chi connectivity index (χ0v) is 12.1. The molecule has 2 unspecified atom stereocenters. The number of hydrogen-bond donors (Lipinski definition) is 2. The van der Waals surface area contributed by atoms with Gasteiger partial charge in [-0.3, -0.25) is 4.79 Å². The highest BCUT2D eigenvalue weighted by molar-refractivity contribution is 5.71. The van der Waals surface area contributed by atoms with Crippen molar-refractivity contribution in [3.63, 3.8) is 0 Å². The maximum Gasteiger partial charge on any atom is 0.309 e. The van der Waals surface area contributed by atoms with Crippen LogP contribution < -0.4 is 0 Å². The summed E-state index contributed by atoms with van der Waals surface area (Å²) >= 11 is 0. The molecule has 0 saturated carbocycles. The minimum Gasteiger partial charge on any atom is -0.481 e. The maximum absolute atomic E-state index is 11.2. The third-order valence-electron chi connectivity index (χ3n) is 3.66. The van der Waals surface area contributed by atoms with Gasteiger partial charge in [-0.2, -0.15) is 0 Å². The fraction of sp³-hybridized carbons (Fsp3) is 0.278. The summed E-state index contributed by atoms with van der Waals surface area (Å²) in [7, 11) is 0. The van der Waals surface area contributed by atoms with Gasteiger partial charge in [0.15, 0.2) is 0 Å². The summed E-state index contributed by atoms with van der Waals surface area (Å²) in [6.07, 6.45) is 0.236. The molecule has 2 N–H and O–H groups in total. The highest BCUT2D eigenvalue weighted by Gasteiger charge is 2.26. The predicted octanol–water partition coefficient (Wildman–Crippen LogP) is 3.89. The first kappa shape index (κ1) is 15.3. The largest absolute Gasteiger partial charge is 0.481 e. The Balaban J connectivity index is 2.20. The summed E-state index contributed by atoms with van der Waals surface area (Å²) < 4.78 is 0. The molecule has 3 nitrogen and oxygen atoms in total. The van der Waals surface area contributed by atoms with Crippen molar-refractivity contribution in [1.29, 1.82) is 0 Å². The molecule has 0 aliphatic heterocycles. The fourth-order valence-electron chi connectivity index (χ4n) is 2.46. The summed E-state index contributed by atoms with van der Waals surface area (Å²) in [4.78, 5) is 11.2. The molecule has 0 aliphatic rings. The first-order valence-electron chi connectivity index (χ1n) is 7.19. The molecule has 0 amide bonds. The molecule has 0 saturated heterocycles. The van der Waals surface area contributed by atoms with Gasteiger partial charge in [0.05, 0.1) is 12.0 Å². The summed E-state index contributed by atoms with van der Waals surface area (Å²) in [5, 5.41) is 19.5. The van der Waals surface area contributed by atoms with Gasteiger partial charge < -0.3 is 10.2 Å². The van der Waals surface area contributed by atoms with Crippen LogP contribution in [-0.4, -0.2) is 16.2 Å². The molecule has 110 valence electrons. The van der Waals surface area contributed by atoms with Crippen molar-refractivity contribution in [2.24, 2.45) is 5.92 Å². The lowest BCUT2D eigenvalue weighted by molar-refractivity contribution is -0.146. The zero-order chi connectivity index (χ0) is 15.2. The van der Waals surface area contributed by atoms with Crippen LogP contribution in [-0.2, 0) is 4.79 Å². The Bertz CT molecular complexity index is 575. The Labute approximate surface area is 124 Å². The van der Waals surface area contributed by atoms with E-state index in [1.165, 1.54) is 0 Å². The number of aliphatic hydroxyl groups excluding tert-OH is 1. The van der Waals surface area contributed by atoms with Crippen molar-refractivity contribution in [2.75, 3.05) is 0 Å². The van der Waals surface area contributed by atoms with Crippen LogP contribution in [0.1, 0.15) is 31.4 Å². The number of aliphatic carboxylic acids is 1. The summed E-state index contributed by atoms with van der Waals surface area (Å²) in [5.74, 6) is -1.70. The van der Waals surface area contributed by atoms with E-state index in [-0.39, 0.29) is 0 Å². The van der Waals surface area contributed by atoms with E-state index in [9.17, 15) is 15.0 Å². The van der Waals surface area contributed by atoms with Crippen molar-refractivity contribution in [1.82, 2.24) is 0 Å². The normalized spacial score (nSPS) is 13.6. The van der Waals surface area contributed by atoms with Gasteiger partial charge in [0, 0.05) is 0 Å². The molecule has 0 aliphatic carbocycles. The van der Waals surface area contributed by atoms with E-state index in [0.717, 1.165) is 17.5 Å². The van der Waals surface area contributed by atoms with Crippen LogP contribution in [0.15, 0.2) is 54.6 Å². The van der Waals surface area contributed by atoms with Crippen LogP contribution in [0, 0.1) is 5.92 Å². The Morgan fingerprint density at radius 2 is 1.57 bits per heavy atom. The van der Waals surface area contributed by atoms with Gasteiger partial charge in [0.2, 0.25) is 0 Å². The second kappa shape index (κ2) is 7.04. The topological polar surface area (TPSA) is 57.5 Å². The van der Waals surface area contributed by atoms with E-state index in [1.807, 2.05) is 49.4 Å². The van der Waals surface area contributed by atoms with E-state index in [0.29, 0.717) is 12.0 Å². The Kier molecular flexibility index (Phi) is 5.12. The van der Waals surface area contributed by atoms with Crippen molar-refractivity contribution < 1.29 is 15.0 Å². The monoisotopic (exact) mass is 284 g/mol. The molecule has 0 radical (unpaired) electrons. The molecule has 0 heterocycles. The summed E-state index contributed by atoms with van der Waals surface area (Å²) in [6.45, 7) is 1.92. The van der Waals surface area contributed by atoms with E-state index in [2.05, 4.69) is 0 Å². The third kappa shape index (κ3) is 3.70. The van der Waals surface area contributed by atoms with Gasteiger partial charge in [0.1, 0.15) is 0 Å². The third-order valence-corrected chi connectivity index (χ3v) is 3.66. The van der Waals surface area contributed by atoms with Crippen molar-refractivity contribution in [2.45, 2.75) is 25.9 Å². The average molecular weight is 284 g/mol. The fourth-order valence-corrected chi connectivity index (χ4v) is 2.46.